The van der Waals surface area contributed by atoms with E-state index in [-0.39, 0.29) is 25.1 Å². The molecule has 7 heteroatoms. The number of esters is 1. The van der Waals surface area contributed by atoms with Crippen molar-refractivity contribution in [1.82, 2.24) is 0 Å². The number of hydrogen-bond acceptors (Lipinski definition) is 6. The Morgan fingerprint density at radius 2 is 1.90 bits per heavy atom. The minimum absolute atomic E-state index is 0.0644. The van der Waals surface area contributed by atoms with Crippen LogP contribution in [0.4, 0.5) is 0 Å². The maximum absolute atomic E-state index is 12.7. The van der Waals surface area contributed by atoms with Crippen molar-refractivity contribution in [3.63, 3.8) is 0 Å². The third kappa shape index (κ3) is 4.56. The molecule has 0 unspecified atom stereocenters. The lowest BCUT2D eigenvalue weighted by atomic mass is 10.4. The number of hydrogen-bond donors (Lipinski definition) is 0. The average Bonchev–Trinajstić information content (AvgIpc) is 2.89. The summed E-state index contributed by atoms with van der Waals surface area (Å²) >= 11 is 1.42. The first-order valence-corrected chi connectivity index (χ1v) is 8.81. The molecule has 0 aliphatic heterocycles. The summed E-state index contributed by atoms with van der Waals surface area (Å²) in [6, 6.07) is 3.65. The van der Waals surface area contributed by atoms with Crippen LogP contribution in [0.2, 0.25) is 0 Å². The molecule has 0 aliphatic carbocycles. The van der Waals surface area contributed by atoms with Gasteiger partial charge in [-0.3, -0.25) is 4.57 Å². The standard InChI is InChI=1S/C13H19O5PS/c1-4-16-13(14)12(10-11-8-7-9-20-11)19(15,17-5-2)18-6-3/h7-10H,4-6H2,1-3H3/b12-10-. The van der Waals surface area contributed by atoms with Gasteiger partial charge in [0.1, 0.15) is 0 Å². The Morgan fingerprint density at radius 3 is 2.35 bits per heavy atom. The maximum atomic E-state index is 12.7. The van der Waals surface area contributed by atoms with Crippen LogP contribution < -0.4 is 0 Å². The zero-order valence-corrected chi connectivity index (χ0v) is 13.5. The third-order valence-electron chi connectivity index (χ3n) is 2.20. The molecular formula is C13H19O5PS. The minimum Gasteiger partial charge on any atom is -0.462 e. The molecule has 0 bridgehead atoms. The Balaban J connectivity index is 3.20. The molecule has 0 fully saturated rings. The molecule has 20 heavy (non-hydrogen) atoms. The van der Waals surface area contributed by atoms with Crippen molar-refractivity contribution in [1.29, 1.82) is 0 Å². The summed E-state index contributed by atoms with van der Waals surface area (Å²) in [5.41, 5.74) is 0. The normalized spacial score (nSPS) is 12.4. The van der Waals surface area contributed by atoms with Crippen LogP contribution in [0.1, 0.15) is 25.6 Å². The molecule has 0 N–H and O–H groups in total. The number of carbonyl (C=O) groups excluding carboxylic acids is 1. The zero-order valence-electron chi connectivity index (χ0n) is 11.8. The van der Waals surface area contributed by atoms with Crippen molar-refractivity contribution in [2.75, 3.05) is 19.8 Å². The molecule has 1 heterocycles. The predicted octanol–water partition coefficient (Wildman–Crippen LogP) is 3.92. The van der Waals surface area contributed by atoms with Crippen molar-refractivity contribution in [3.8, 4) is 0 Å². The van der Waals surface area contributed by atoms with Crippen LogP contribution in [0.5, 0.6) is 0 Å². The summed E-state index contributed by atoms with van der Waals surface area (Å²) in [5, 5.41) is 1.80. The summed E-state index contributed by atoms with van der Waals surface area (Å²) in [7, 11) is -3.66. The third-order valence-corrected chi connectivity index (χ3v) is 5.12. The van der Waals surface area contributed by atoms with Crippen LogP contribution in [-0.4, -0.2) is 25.8 Å². The first-order chi connectivity index (χ1) is 9.57. The Hall–Kier alpha value is -0.940. The van der Waals surface area contributed by atoms with E-state index < -0.39 is 13.6 Å². The van der Waals surface area contributed by atoms with E-state index in [1.54, 1.807) is 20.8 Å². The average molecular weight is 318 g/mol. The summed E-state index contributed by atoms with van der Waals surface area (Å²) in [5.74, 6) is -0.675. The van der Waals surface area contributed by atoms with E-state index in [0.717, 1.165) is 4.88 Å². The molecular weight excluding hydrogens is 299 g/mol. The Morgan fingerprint density at radius 1 is 1.25 bits per heavy atom. The van der Waals surface area contributed by atoms with E-state index >= 15 is 0 Å². The van der Waals surface area contributed by atoms with Gasteiger partial charge in [0.25, 0.3) is 0 Å². The molecule has 0 spiro atoms. The molecule has 5 nitrogen and oxygen atoms in total. The zero-order chi connectivity index (χ0) is 15.0. The van der Waals surface area contributed by atoms with E-state index in [2.05, 4.69) is 0 Å². The molecule has 1 rings (SSSR count). The first-order valence-electron chi connectivity index (χ1n) is 6.39. The SMILES string of the molecule is CCOC(=O)/C(=C/c1cccs1)P(=O)(OCC)OCC. The molecule has 0 radical (unpaired) electrons. The molecule has 112 valence electrons. The number of carbonyl (C=O) groups is 1. The molecule has 0 atom stereocenters. The van der Waals surface area contributed by atoms with Crippen molar-refractivity contribution in [3.05, 3.63) is 27.7 Å². The Labute approximate surface area is 123 Å². The highest BCUT2D eigenvalue weighted by atomic mass is 32.1. The number of thiophene rings is 1. The Bertz CT molecular complexity index is 485. The lowest BCUT2D eigenvalue weighted by molar-refractivity contribution is -0.137. The number of rotatable bonds is 8. The van der Waals surface area contributed by atoms with Crippen LogP contribution in [-0.2, 0) is 23.1 Å². The summed E-state index contributed by atoms with van der Waals surface area (Å²) in [6.45, 7) is 5.63. The van der Waals surface area contributed by atoms with Crippen molar-refractivity contribution in [2.24, 2.45) is 0 Å². The van der Waals surface area contributed by atoms with Gasteiger partial charge < -0.3 is 13.8 Å². The second-order valence-electron chi connectivity index (χ2n) is 3.60. The second kappa shape index (κ2) is 8.37. The van der Waals surface area contributed by atoms with Crippen LogP contribution in [0, 0.1) is 0 Å². The van der Waals surface area contributed by atoms with Crippen LogP contribution in [0.25, 0.3) is 6.08 Å². The molecule has 0 aliphatic rings. The lowest BCUT2D eigenvalue weighted by Crippen LogP contribution is -2.11. The van der Waals surface area contributed by atoms with Gasteiger partial charge in [0.05, 0.1) is 19.8 Å². The van der Waals surface area contributed by atoms with Gasteiger partial charge >= 0.3 is 13.6 Å². The largest absolute Gasteiger partial charge is 0.462 e. The van der Waals surface area contributed by atoms with Crippen LogP contribution in [0.3, 0.4) is 0 Å². The molecule has 1 aromatic heterocycles. The van der Waals surface area contributed by atoms with E-state index in [1.165, 1.54) is 17.4 Å². The molecule has 0 saturated carbocycles. The summed E-state index contributed by atoms with van der Waals surface area (Å²) in [4.78, 5) is 12.8. The van der Waals surface area contributed by atoms with E-state index in [0.29, 0.717) is 0 Å². The highest BCUT2D eigenvalue weighted by molar-refractivity contribution is 7.60. The quantitative estimate of drug-likeness (QED) is 0.413. The topological polar surface area (TPSA) is 61.8 Å². The maximum Gasteiger partial charge on any atom is 0.368 e. The van der Waals surface area contributed by atoms with Gasteiger partial charge in [-0.1, -0.05) is 6.07 Å². The number of ether oxygens (including phenoxy) is 1. The molecule has 0 aromatic carbocycles. The predicted molar refractivity (Wildman–Crippen MR) is 79.8 cm³/mol. The second-order valence-corrected chi connectivity index (χ2v) is 6.57. The van der Waals surface area contributed by atoms with Crippen molar-refractivity contribution in [2.45, 2.75) is 20.8 Å². The van der Waals surface area contributed by atoms with E-state index in [4.69, 9.17) is 13.8 Å². The minimum atomic E-state index is -3.66. The van der Waals surface area contributed by atoms with Gasteiger partial charge in [0.2, 0.25) is 0 Å². The van der Waals surface area contributed by atoms with E-state index in [9.17, 15) is 9.36 Å². The van der Waals surface area contributed by atoms with Gasteiger partial charge in [-0.15, -0.1) is 11.3 Å². The van der Waals surface area contributed by atoms with Gasteiger partial charge in [0.15, 0.2) is 5.31 Å². The van der Waals surface area contributed by atoms with Crippen LogP contribution >= 0.6 is 18.9 Å². The molecule has 0 amide bonds. The fraction of sp³-hybridized carbons (Fsp3) is 0.462. The van der Waals surface area contributed by atoms with Gasteiger partial charge in [-0.25, -0.2) is 4.79 Å². The summed E-state index contributed by atoms with van der Waals surface area (Å²) < 4.78 is 28.1. The Kier molecular flexibility index (Phi) is 7.16. The monoisotopic (exact) mass is 318 g/mol. The highest BCUT2D eigenvalue weighted by Gasteiger charge is 2.36. The van der Waals surface area contributed by atoms with Crippen molar-refractivity contribution >= 4 is 31.0 Å². The van der Waals surface area contributed by atoms with Crippen LogP contribution in [0.15, 0.2) is 22.8 Å². The van der Waals surface area contributed by atoms with Gasteiger partial charge in [0, 0.05) is 4.88 Å². The first kappa shape index (κ1) is 17.1. The molecule has 0 saturated heterocycles. The highest BCUT2D eigenvalue weighted by Crippen LogP contribution is 2.57. The smallest absolute Gasteiger partial charge is 0.368 e. The van der Waals surface area contributed by atoms with Gasteiger partial charge in [-0.05, 0) is 38.3 Å². The van der Waals surface area contributed by atoms with Crippen molar-refractivity contribution < 1.29 is 23.1 Å². The van der Waals surface area contributed by atoms with E-state index in [1.807, 2.05) is 17.5 Å². The molecule has 1 aromatic rings. The summed E-state index contributed by atoms with van der Waals surface area (Å²) in [6.07, 6.45) is 1.51. The fourth-order valence-electron chi connectivity index (χ4n) is 1.48. The lowest BCUT2D eigenvalue weighted by Gasteiger charge is -2.18. The fourth-order valence-corrected chi connectivity index (χ4v) is 3.84. The van der Waals surface area contributed by atoms with Gasteiger partial charge in [-0.2, -0.15) is 0 Å².